The topological polar surface area (TPSA) is 32.3 Å². The number of amides is 2. The highest BCUT2D eigenvalue weighted by atomic mass is 16.2. The molecule has 88 valence electrons. The molecule has 0 fully saturated rings. The Morgan fingerprint density at radius 2 is 1.67 bits per heavy atom. The van der Waals surface area contributed by atoms with Gasteiger partial charge in [-0.2, -0.15) is 0 Å². The molecule has 0 aliphatic heterocycles. The minimum absolute atomic E-state index is 0.00981. The van der Waals surface area contributed by atoms with Crippen molar-refractivity contribution in [3.63, 3.8) is 0 Å². The molecule has 0 aliphatic carbocycles. The minimum Gasteiger partial charge on any atom is -0.325 e. The van der Waals surface area contributed by atoms with Crippen LogP contribution in [0.15, 0.2) is 12.3 Å². The van der Waals surface area contributed by atoms with Crippen molar-refractivity contribution in [2.75, 3.05) is 13.1 Å². The van der Waals surface area contributed by atoms with Gasteiger partial charge in [0.05, 0.1) is 0 Å². The molecule has 0 rings (SSSR count). The van der Waals surface area contributed by atoms with E-state index < -0.39 is 0 Å². The van der Waals surface area contributed by atoms with Crippen LogP contribution in [0.5, 0.6) is 0 Å². The molecule has 0 heterocycles. The zero-order valence-corrected chi connectivity index (χ0v) is 10.3. The summed E-state index contributed by atoms with van der Waals surface area (Å²) in [5.41, 5.74) is 0.706. The van der Waals surface area contributed by atoms with Gasteiger partial charge in [-0.3, -0.25) is 0 Å². The average Bonchev–Trinajstić information content (AvgIpc) is 2.17. The van der Waals surface area contributed by atoms with E-state index in [0.29, 0.717) is 5.70 Å². The number of allylic oxidation sites excluding steroid dienone is 1. The van der Waals surface area contributed by atoms with E-state index in [0.717, 1.165) is 38.8 Å². The molecule has 0 aromatic rings. The number of carbonyl (C=O) groups excluding carboxylic acids is 1. The monoisotopic (exact) mass is 212 g/mol. The highest BCUT2D eigenvalue weighted by molar-refractivity contribution is 5.75. The molecule has 0 atom stereocenters. The molecule has 1 N–H and O–H groups in total. The van der Waals surface area contributed by atoms with Gasteiger partial charge in [0.25, 0.3) is 0 Å². The summed E-state index contributed by atoms with van der Waals surface area (Å²) in [6.07, 6.45) is 4.35. The standard InChI is InChI=1S/C12H24N2O/c1-5-7-9-14(10-8-6-2)12(15)13-11(3)4/h3,5-10H2,1-2,4H3,(H,13,15). The molecule has 2 amide bonds. The van der Waals surface area contributed by atoms with Crippen LogP contribution >= 0.6 is 0 Å². The quantitative estimate of drug-likeness (QED) is 0.691. The van der Waals surface area contributed by atoms with Crippen LogP contribution in [0.1, 0.15) is 46.5 Å². The Bertz CT molecular complexity index is 194. The molecule has 0 radical (unpaired) electrons. The molecule has 15 heavy (non-hydrogen) atoms. The molecule has 0 spiro atoms. The smallest absolute Gasteiger partial charge is 0.321 e. The Balaban J connectivity index is 4.07. The van der Waals surface area contributed by atoms with E-state index in [9.17, 15) is 4.79 Å². The van der Waals surface area contributed by atoms with Crippen LogP contribution < -0.4 is 5.32 Å². The van der Waals surface area contributed by atoms with Gasteiger partial charge in [-0.25, -0.2) is 4.79 Å². The number of urea groups is 1. The Hall–Kier alpha value is -0.990. The summed E-state index contributed by atoms with van der Waals surface area (Å²) in [5, 5.41) is 2.75. The summed E-state index contributed by atoms with van der Waals surface area (Å²) in [4.78, 5) is 13.6. The number of nitrogens with one attached hydrogen (secondary N) is 1. The van der Waals surface area contributed by atoms with E-state index in [4.69, 9.17) is 0 Å². The van der Waals surface area contributed by atoms with Crippen LogP contribution in [-0.2, 0) is 0 Å². The van der Waals surface area contributed by atoms with E-state index >= 15 is 0 Å². The highest BCUT2D eigenvalue weighted by Crippen LogP contribution is 2.00. The van der Waals surface area contributed by atoms with Crippen molar-refractivity contribution in [3.05, 3.63) is 12.3 Å². The fourth-order valence-corrected chi connectivity index (χ4v) is 1.27. The van der Waals surface area contributed by atoms with Crippen molar-refractivity contribution in [1.29, 1.82) is 0 Å². The number of hydrogen-bond acceptors (Lipinski definition) is 1. The van der Waals surface area contributed by atoms with Crippen molar-refractivity contribution in [2.24, 2.45) is 0 Å². The van der Waals surface area contributed by atoms with Gasteiger partial charge in [-0.1, -0.05) is 33.3 Å². The largest absolute Gasteiger partial charge is 0.325 e. The van der Waals surface area contributed by atoms with Crippen LogP contribution in [0.2, 0.25) is 0 Å². The maximum Gasteiger partial charge on any atom is 0.321 e. The summed E-state index contributed by atoms with van der Waals surface area (Å²) in [6.45, 7) is 11.4. The molecule has 0 saturated carbocycles. The summed E-state index contributed by atoms with van der Waals surface area (Å²) in [6, 6.07) is -0.00981. The van der Waals surface area contributed by atoms with Crippen LogP contribution in [0, 0.1) is 0 Å². The van der Waals surface area contributed by atoms with Crippen LogP contribution in [0.4, 0.5) is 4.79 Å². The van der Waals surface area contributed by atoms with Gasteiger partial charge in [0, 0.05) is 18.8 Å². The lowest BCUT2D eigenvalue weighted by Crippen LogP contribution is -2.40. The van der Waals surface area contributed by atoms with Gasteiger partial charge in [-0.15, -0.1) is 0 Å². The summed E-state index contributed by atoms with van der Waals surface area (Å²) in [5.74, 6) is 0. The van der Waals surface area contributed by atoms with Crippen LogP contribution in [0.3, 0.4) is 0 Å². The maximum atomic E-state index is 11.7. The molecule has 3 nitrogen and oxygen atoms in total. The van der Waals surface area contributed by atoms with Crippen molar-refractivity contribution in [3.8, 4) is 0 Å². The SMILES string of the molecule is C=C(C)NC(=O)N(CCCC)CCCC. The number of nitrogens with zero attached hydrogens (tertiary/aromatic N) is 1. The predicted molar refractivity (Wildman–Crippen MR) is 64.7 cm³/mol. The molecule has 0 aromatic heterocycles. The minimum atomic E-state index is -0.00981. The second-order valence-corrected chi connectivity index (χ2v) is 3.90. The zero-order chi connectivity index (χ0) is 11.7. The van der Waals surface area contributed by atoms with Crippen molar-refractivity contribution < 1.29 is 4.79 Å². The number of carbonyl (C=O) groups is 1. The zero-order valence-electron chi connectivity index (χ0n) is 10.3. The first-order valence-electron chi connectivity index (χ1n) is 5.83. The summed E-state index contributed by atoms with van der Waals surface area (Å²) >= 11 is 0. The van der Waals surface area contributed by atoms with Gasteiger partial charge in [-0.05, 0) is 19.8 Å². The molecule has 0 aliphatic rings. The second-order valence-electron chi connectivity index (χ2n) is 3.90. The highest BCUT2D eigenvalue weighted by Gasteiger charge is 2.11. The lowest BCUT2D eigenvalue weighted by Gasteiger charge is -2.22. The number of unbranched alkanes of at least 4 members (excludes halogenated alkanes) is 2. The summed E-state index contributed by atoms with van der Waals surface area (Å²) < 4.78 is 0. The molecule has 0 unspecified atom stereocenters. The summed E-state index contributed by atoms with van der Waals surface area (Å²) in [7, 11) is 0. The van der Waals surface area contributed by atoms with Gasteiger partial charge >= 0.3 is 6.03 Å². The molecule has 3 heteroatoms. The Kier molecular flexibility index (Phi) is 7.78. The number of hydrogen-bond donors (Lipinski definition) is 1. The van der Waals surface area contributed by atoms with Gasteiger partial charge in [0.2, 0.25) is 0 Å². The van der Waals surface area contributed by atoms with Crippen LogP contribution in [0.25, 0.3) is 0 Å². The average molecular weight is 212 g/mol. The molecule has 0 aromatic carbocycles. The fraction of sp³-hybridized carbons (Fsp3) is 0.750. The van der Waals surface area contributed by atoms with Crippen molar-refractivity contribution >= 4 is 6.03 Å². The van der Waals surface area contributed by atoms with E-state index in [1.807, 2.05) is 4.90 Å². The van der Waals surface area contributed by atoms with E-state index in [-0.39, 0.29) is 6.03 Å². The lowest BCUT2D eigenvalue weighted by molar-refractivity contribution is 0.199. The molecule has 0 saturated heterocycles. The normalized spacial score (nSPS) is 9.80. The first kappa shape index (κ1) is 14.0. The third-order valence-corrected chi connectivity index (χ3v) is 2.17. The number of rotatable bonds is 7. The second kappa shape index (κ2) is 8.33. The third kappa shape index (κ3) is 7.00. The van der Waals surface area contributed by atoms with Gasteiger partial charge in [0.15, 0.2) is 0 Å². The Morgan fingerprint density at radius 1 is 1.20 bits per heavy atom. The van der Waals surface area contributed by atoms with E-state index in [1.54, 1.807) is 6.92 Å². The first-order valence-corrected chi connectivity index (χ1v) is 5.83. The van der Waals surface area contributed by atoms with Crippen molar-refractivity contribution in [1.82, 2.24) is 10.2 Å². The van der Waals surface area contributed by atoms with Gasteiger partial charge in [0.1, 0.15) is 0 Å². The lowest BCUT2D eigenvalue weighted by atomic mass is 10.3. The van der Waals surface area contributed by atoms with Crippen molar-refractivity contribution in [2.45, 2.75) is 46.5 Å². The van der Waals surface area contributed by atoms with Crippen LogP contribution in [-0.4, -0.2) is 24.0 Å². The first-order chi connectivity index (χ1) is 7.11. The van der Waals surface area contributed by atoms with Gasteiger partial charge < -0.3 is 10.2 Å². The Morgan fingerprint density at radius 3 is 2.00 bits per heavy atom. The van der Waals surface area contributed by atoms with E-state index in [2.05, 4.69) is 25.7 Å². The fourth-order valence-electron chi connectivity index (χ4n) is 1.27. The predicted octanol–water partition coefficient (Wildman–Crippen LogP) is 3.13. The Labute approximate surface area is 93.5 Å². The third-order valence-electron chi connectivity index (χ3n) is 2.17. The molecular weight excluding hydrogens is 188 g/mol. The molecule has 0 bridgehead atoms. The maximum absolute atomic E-state index is 11.7. The molecular formula is C12H24N2O. The van der Waals surface area contributed by atoms with E-state index in [1.165, 1.54) is 0 Å².